The second kappa shape index (κ2) is 15.3. The Bertz CT molecular complexity index is 1960. The molecule has 3 heterocycles. The number of thioether (sulfide) groups is 1. The van der Waals surface area contributed by atoms with Crippen LogP contribution in [0.1, 0.15) is 39.1 Å². The summed E-state index contributed by atoms with van der Waals surface area (Å²) in [6.07, 6.45) is 0.588. The van der Waals surface area contributed by atoms with E-state index in [0.717, 1.165) is 21.9 Å². The van der Waals surface area contributed by atoms with Crippen molar-refractivity contribution in [2.24, 2.45) is 5.10 Å². The third-order valence-electron chi connectivity index (χ3n) is 7.88. The zero-order valence-electron chi connectivity index (χ0n) is 27.3. The molecule has 1 N–H and O–H groups in total. The first kappa shape index (κ1) is 33.6. The summed E-state index contributed by atoms with van der Waals surface area (Å²) in [6, 6.07) is 23.8. The fraction of sp³-hybridized carbons (Fsp3) is 0.229. The monoisotopic (exact) mass is 698 g/mol. The Morgan fingerprint density at radius 3 is 2.37 bits per heavy atom. The smallest absolute Gasteiger partial charge is 0.253 e. The maximum absolute atomic E-state index is 13.9. The Labute approximate surface area is 291 Å². The van der Waals surface area contributed by atoms with Gasteiger partial charge in [0.05, 0.1) is 63.1 Å². The highest BCUT2D eigenvalue weighted by Gasteiger charge is 2.34. The molecular weight excluding hydrogens is 665 g/mol. The number of nitrogens with zero attached hydrogens (tertiary/aromatic N) is 5. The van der Waals surface area contributed by atoms with Gasteiger partial charge in [-0.1, -0.05) is 42.1 Å². The first-order chi connectivity index (χ1) is 23.9. The van der Waals surface area contributed by atoms with E-state index in [1.54, 1.807) is 53.3 Å². The predicted molar refractivity (Wildman–Crippen MR) is 187 cm³/mol. The number of hydrazone groups is 1. The number of ether oxygens (including phenoxy) is 4. The number of aromatic nitrogens is 3. The van der Waals surface area contributed by atoms with Gasteiger partial charge in [0.1, 0.15) is 11.5 Å². The molecule has 2 amide bonds. The molecule has 252 valence electrons. The van der Waals surface area contributed by atoms with Crippen molar-refractivity contribution in [1.82, 2.24) is 25.1 Å². The van der Waals surface area contributed by atoms with Gasteiger partial charge in [-0.15, -0.1) is 21.5 Å². The van der Waals surface area contributed by atoms with Crippen LogP contribution in [0.3, 0.4) is 0 Å². The van der Waals surface area contributed by atoms with Gasteiger partial charge in [0.25, 0.3) is 11.8 Å². The van der Waals surface area contributed by atoms with Crippen molar-refractivity contribution in [3.05, 3.63) is 106 Å². The summed E-state index contributed by atoms with van der Waals surface area (Å²) in [7, 11) is 6.24. The molecule has 3 aromatic carbocycles. The number of para-hydroxylation sites is 2. The Kier molecular flexibility index (Phi) is 10.4. The van der Waals surface area contributed by atoms with E-state index in [1.807, 2.05) is 66.0 Å². The van der Waals surface area contributed by atoms with Crippen molar-refractivity contribution >= 4 is 40.6 Å². The fourth-order valence-corrected chi connectivity index (χ4v) is 6.95. The van der Waals surface area contributed by atoms with Gasteiger partial charge in [-0.2, -0.15) is 5.10 Å². The van der Waals surface area contributed by atoms with Crippen molar-refractivity contribution in [3.8, 4) is 28.7 Å². The highest BCUT2D eigenvalue weighted by Crippen LogP contribution is 2.36. The van der Waals surface area contributed by atoms with Gasteiger partial charge < -0.3 is 24.3 Å². The van der Waals surface area contributed by atoms with Gasteiger partial charge in [-0.05, 0) is 59.5 Å². The number of carbonyl (C=O) groups is 2. The minimum absolute atomic E-state index is 0.0408. The minimum atomic E-state index is -0.335. The number of amides is 2. The van der Waals surface area contributed by atoms with Crippen LogP contribution in [0.4, 0.5) is 0 Å². The highest BCUT2D eigenvalue weighted by molar-refractivity contribution is 7.99. The molecule has 0 fully saturated rings. The lowest BCUT2D eigenvalue weighted by Crippen LogP contribution is -2.28. The SMILES string of the molecule is COc1ccc([C@H]2CC(c3cccs3)=NN2C(=O)CSc2nnc(CNC(=O)c3ccc(OC)c(OC)c3)n2-c2ccccc2OC)cc1. The van der Waals surface area contributed by atoms with Crippen LogP contribution in [-0.2, 0) is 11.3 Å². The maximum Gasteiger partial charge on any atom is 0.253 e. The van der Waals surface area contributed by atoms with Crippen LogP contribution in [-0.4, -0.2) is 71.5 Å². The van der Waals surface area contributed by atoms with Gasteiger partial charge in [0.15, 0.2) is 22.5 Å². The van der Waals surface area contributed by atoms with Crippen molar-refractivity contribution in [1.29, 1.82) is 0 Å². The molecule has 1 aliphatic rings. The average Bonchev–Trinajstić information content (AvgIpc) is 3.93. The molecule has 0 saturated heterocycles. The van der Waals surface area contributed by atoms with Gasteiger partial charge in [0, 0.05) is 12.0 Å². The summed E-state index contributed by atoms with van der Waals surface area (Å²) in [4.78, 5) is 28.1. The first-order valence-corrected chi connectivity index (χ1v) is 17.1. The van der Waals surface area contributed by atoms with Crippen molar-refractivity contribution < 1.29 is 28.5 Å². The molecule has 49 heavy (non-hydrogen) atoms. The molecule has 0 bridgehead atoms. The van der Waals surface area contributed by atoms with Gasteiger partial charge in [-0.3, -0.25) is 14.2 Å². The second-order valence-electron chi connectivity index (χ2n) is 10.7. The molecular formula is C35H34N6O6S2. The molecule has 2 aromatic heterocycles. The lowest BCUT2D eigenvalue weighted by molar-refractivity contribution is -0.130. The van der Waals surface area contributed by atoms with E-state index in [0.29, 0.717) is 45.9 Å². The van der Waals surface area contributed by atoms with Crippen molar-refractivity contribution in [3.63, 3.8) is 0 Å². The number of hydrogen-bond donors (Lipinski definition) is 1. The van der Waals surface area contributed by atoms with E-state index < -0.39 is 0 Å². The largest absolute Gasteiger partial charge is 0.497 e. The number of carbonyl (C=O) groups excluding carboxylic acids is 2. The molecule has 0 saturated carbocycles. The minimum Gasteiger partial charge on any atom is -0.497 e. The summed E-state index contributed by atoms with van der Waals surface area (Å²) in [6.45, 7) is 0.0485. The molecule has 5 aromatic rings. The molecule has 14 heteroatoms. The van der Waals surface area contributed by atoms with E-state index in [2.05, 4.69) is 15.5 Å². The van der Waals surface area contributed by atoms with E-state index in [-0.39, 0.29) is 30.2 Å². The van der Waals surface area contributed by atoms with E-state index in [4.69, 9.17) is 24.0 Å². The molecule has 12 nitrogen and oxygen atoms in total. The Morgan fingerprint density at radius 2 is 1.65 bits per heavy atom. The fourth-order valence-electron chi connectivity index (χ4n) is 5.41. The number of thiophene rings is 1. The molecule has 0 spiro atoms. The average molecular weight is 699 g/mol. The topological polar surface area (TPSA) is 129 Å². The van der Waals surface area contributed by atoms with Crippen LogP contribution in [0.25, 0.3) is 5.69 Å². The van der Waals surface area contributed by atoms with Gasteiger partial charge in [0.2, 0.25) is 0 Å². The Balaban J connectivity index is 1.25. The zero-order chi connectivity index (χ0) is 34.3. The summed E-state index contributed by atoms with van der Waals surface area (Å²) in [5.74, 6) is 2.24. The second-order valence-corrected chi connectivity index (χ2v) is 12.6. The maximum atomic E-state index is 13.9. The molecule has 0 aliphatic carbocycles. The molecule has 1 aliphatic heterocycles. The van der Waals surface area contributed by atoms with Crippen LogP contribution >= 0.6 is 23.1 Å². The summed E-state index contributed by atoms with van der Waals surface area (Å²) in [5, 5.41) is 20.6. The summed E-state index contributed by atoms with van der Waals surface area (Å²) in [5.41, 5.74) is 2.87. The van der Waals surface area contributed by atoms with Crippen molar-refractivity contribution in [2.75, 3.05) is 34.2 Å². The highest BCUT2D eigenvalue weighted by atomic mass is 32.2. The van der Waals surface area contributed by atoms with Crippen molar-refractivity contribution in [2.45, 2.75) is 24.2 Å². The standard InChI is InChI=1S/C35H34N6O6S2/c1-44-24-14-11-22(12-15-24)27-19-25(31-10-7-17-48-31)39-41(27)33(42)21-49-35-38-37-32(40(35)26-8-5-6-9-28(26)45-2)20-36-34(43)23-13-16-29(46-3)30(18-23)47-4/h5-18,27H,19-21H2,1-4H3,(H,36,43)/t27-/m1/s1. The zero-order valence-corrected chi connectivity index (χ0v) is 28.9. The molecule has 6 rings (SSSR count). The normalized spacial score (nSPS) is 13.9. The molecule has 1 atom stereocenters. The Morgan fingerprint density at radius 1 is 0.878 bits per heavy atom. The van der Waals surface area contributed by atoms with Gasteiger partial charge >= 0.3 is 0 Å². The van der Waals surface area contributed by atoms with Crippen LogP contribution < -0.4 is 24.3 Å². The van der Waals surface area contributed by atoms with Gasteiger partial charge in [-0.25, -0.2) is 5.01 Å². The van der Waals surface area contributed by atoms with Crippen LogP contribution in [0.5, 0.6) is 23.0 Å². The third-order valence-corrected chi connectivity index (χ3v) is 9.71. The van der Waals surface area contributed by atoms with Crippen LogP contribution in [0.2, 0.25) is 0 Å². The summed E-state index contributed by atoms with van der Waals surface area (Å²) < 4.78 is 23.4. The molecule has 0 unspecified atom stereocenters. The quantitative estimate of drug-likeness (QED) is 0.153. The number of nitrogens with one attached hydrogen (secondary N) is 1. The number of benzene rings is 3. The Hall–Kier alpha value is -5.34. The number of methoxy groups -OCH3 is 4. The van der Waals surface area contributed by atoms with Crippen LogP contribution in [0, 0.1) is 0 Å². The van der Waals surface area contributed by atoms with E-state index >= 15 is 0 Å². The van der Waals surface area contributed by atoms with Crippen LogP contribution in [0.15, 0.2) is 94.5 Å². The number of hydrogen-bond acceptors (Lipinski definition) is 11. The predicted octanol–water partition coefficient (Wildman–Crippen LogP) is 5.76. The van der Waals surface area contributed by atoms with E-state index in [1.165, 1.54) is 26.0 Å². The first-order valence-electron chi connectivity index (χ1n) is 15.2. The summed E-state index contributed by atoms with van der Waals surface area (Å²) >= 11 is 2.82. The van der Waals surface area contributed by atoms with E-state index in [9.17, 15) is 9.59 Å². The molecule has 0 radical (unpaired) electrons. The number of rotatable bonds is 13. The lowest BCUT2D eigenvalue weighted by Gasteiger charge is -2.22. The lowest BCUT2D eigenvalue weighted by atomic mass is 10.0. The third kappa shape index (κ3) is 7.25.